The van der Waals surface area contributed by atoms with Crippen molar-refractivity contribution in [2.75, 3.05) is 17.5 Å². The summed E-state index contributed by atoms with van der Waals surface area (Å²) >= 11 is 6.13. The number of halogens is 4. The monoisotopic (exact) mass is 650 g/mol. The number of sulfonamides is 1. The maximum atomic E-state index is 13.4. The Hall–Kier alpha value is -4.10. The van der Waals surface area contributed by atoms with Crippen LogP contribution in [0.15, 0.2) is 82.8 Å². The molecule has 9 nitrogen and oxygen atoms in total. The topological polar surface area (TPSA) is 117 Å². The van der Waals surface area contributed by atoms with Gasteiger partial charge in [0.1, 0.15) is 12.3 Å². The molecule has 2 N–H and O–H groups in total. The summed E-state index contributed by atoms with van der Waals surface area (Å²) in [7, 11) is -4.51. The molecular weight excluding hydrogens is 621 g/mol. The Morgan fingerprint density at radius 2 is 1.66 bits per heavy atom. The van der Waals surface area contributed by atoms with Crippen molar-refractivity contribution >= 4 is 45.3 Å². The first-order valence-electron chi connectivity index (χ1n) is 13.7. The molecule has 2 amide bonds. The van der Waals surface area contributed by atoms with Gasteiger partial charge >= 0.3 is 6.18 Å². The molecule has 0 heterocycles. The summed E-state index contributed by atoms with van der Waals surface area (Å²) in [4.78, 5) is 24.7. The number of rotatable bonds is 11. The smallest absolute Gasteiger partial charge is 0.416 e. The molecule has 14 heteroatoms. The Labute approximate surface area is 258 Å². The number of nitrogens with one attached hydrogen (secondary N) is 2. The number of anilines is 1. The first-order valence-corrected chi connectivity index (χ1v) is 15.5. The molecule has 0 spiro atoms. The number of carbonyl (C=O) groups is 2. The van der Waals surface area contributed by atoms with Crippen molar-refractivity contribution in [1.82, 2.24) is 10.7 Å². The normalized spacial score (nSPS) is 14.3. The zero-order valence-electron chi connectivity index (χ0n) is 23.4. The lowest BCUT2D eigenvalue weighted by molar-refractivity contribution is -0.137. The van der Waals surface area contributed by atoms with Crippen molar-refractivity contribution in [1.29, 1.82) is 0 Å². The minimum absolute atomic E-state index is 0.127. The summed E-state index contributed by atoms with van der Waals surface area (Å²) < 4.78 is 73.2. The number of ether oxygens (including phenoxy) is 1. The molecule has 1 saturated carbocycles. The second-order valence-corrected chi connectivity index (χ2v) is 12.3. The molecule has 4 rings (SSSR count). The first-order chi connectivity index (χ1) is 20.9. The quantitative estimate of drug-likeness (QED) is 0.209. The Morgan fingerprint density at radius 3 is 2.32 bits per heavy atom. The van der Waals surface area contributed by atoms with Gasteiger partial charge in [-0.25, -0.2) is 13.8 Å². The van der Waals surface area contributed by atoms with Gasteiger partial charge < -0.3 is 10.1 Å². The summed E-state index contributed by atoms with van der Waals surface area (Å²) in [6.45, 7) is -1.04. The molecule has 234 valence electrons. The Morgan fingerprint density at radius 1 is 0.977 bits per heavy atom. The van der Waals surface area contributed by atoms with Crippen LogP contribution in [0.1, 0.15) is 43.2 Å². The number of benzene rings is 3. The van der Waals surface area contributed by atoms with Gasteiger partial charge in [0.15, 0.2) is 6.61 Å². The zero-order chi connectivity index (χ0) is 31.7. The molecule has 44 heavy (non-hydrogen) atoms. The summed E-state index contributed by atoms with van der Waals surface area (Å²) in [5.74, 6) is -0.678. The number of hydrogen-bond donors (Lipinski definition) is 2. The van der Waals surface area contributed by atoms with Crippen LogP contribution in [-0.2, 0) is 25.8 Å². The lowest BCUT2D eigenvalue weighted by Crippen LogP contribution is -2.40. The molecule has 1 aliphatic rings. The van der Waals surface area contributed by atoms with Crippen LogP contribution in [0.2, 0.25) is 5.02 Å². The lowest BCUT2D eigenvalue weighted by Gasteiger charge is -2.25. The summed E-state index contributed by atoms with van der Waals surface area (Å²) in [5, 5.41) is 6.49. The van der Waals surface area contributed by atoms with E-state index in [0.29, 0.717) is 27.8 Å². The molecule has 0 atom stereocenters. The van der Waals surface area contributed by atoms with E-state index < -0.39 is 39.9 Å². The second-order valence-electron chi connectivity index (χ2n) is 10.0. The highest BCUT2D eigenvalue weighted by molar-refractivity contribution is 7.92. The van der Waals surface area contributed by atoms with Crippen LogP contribution in [0.4, 0.5) is 18.9 Å². The molecule has 1 aliphatic carbocycles. The van der Waals surface area contributed by atoms with Crippen LogP contribution in [0.5, 0.6) is 5.75 Å². The van der Waals surface area contributed by atoms with Gasteiger partial charge in [-0.1, -0.05) is 49.1 Å². The second kappa shape index (κ2) is 14.6. The molecular formula is C30H30ClF3N4O5S. The van der Waals surface area contributed by atoms with Crippen LogP contribution >= 0.6 is 11.6 Å². The fraction of sp³-hybridized carbons (Fsp3) is 0.300. The van der Waals surface area contributed by atoms with Crippen LogP contribution < -0.4 is 19.8 Å². The van der Waals surface area contributed by atoms with Gasteiger partial charge in [-0.05, 0) is 73.0 Å². The van der Waals surface area contributed by atoms with Gasteiger partial charge in [0, 0.05) is 6.04 Å². The Bertz CT molecular complexity index is 1580. The third-order valence-electron chi connectivity index (χ3n) is 6.78. The molecule has 0 unspecified atom stereocenters. The van der Waals surface area contributed by atoms with Crippen LogP contribution in [0.3, 0.4) is 0 Å². The van der Waals surface area contributed by atoms with E-state index in [1.165, 1.54) is 36.9 Å². The lowest BCUT2D eigenvalue weighted by atomic mass is 9.95. The Balaban J connectivity index is 1.40. The van der Waals surface area contributed by atoms with E-state index >= 15 is 0 Å². The van der Waals surface area contributed by atoms with Crippen LogP contribution in [-0.4, -0.2) is 45.6 Å². The van der Waals surface area contributed by atoms with E-state index in [1.54, 1.807) is 30.3 Å². The molecule has 3 aromatic carbocycles. The van der Waals surface area contributed by atoms with Crippen molar-refractivity contribution < 1.29 is 35.9 Å². The highest BCUT2D eigenvalue weighted by Crippen LogP contribution is 2.37. The highest BCUT2D eigenvalue weighted by atomic mass is 35.5. The van der Waals surface area contributed by atoms with E-state index in [1.807, 2.05) is 0 Å². The third-order valence-corrected chi connectivity index (χ3v) is 8.88. The molecule has 1 fully saturated rings. The number of alkyl halides is 3. The number of hydrogen-bond acceptors (Lipinski definition) is 6. The largest absolute Gasteiger partial charge is 0.484 e. The van der Waals surface area contributed by atoms with Gasteiger partial charge in [-0.2, -0.15) is 18.3 Å². The first kappa shape index (κ1) is 32.8. The van der Waals surface area contributed by atoms with Gasteiger partial charge in [0.25, 0.3) is 21.8 Å². The van der Waals surface area contributed by atoms with E-state index in [9.17, 15) is 31.2 Å². The van der Waals surface area contributed by atoms with Crippen molar-refractivity contribution in [2.45, 2.75) is 49.2 Å². The van der Waals surface area contributed by atoms with E-state index in [0.717, 1.165) is 31.7 Å². The van der Waals surface area contributed by atoms with Gasteiger partial charge in [-0.15, -0.1) is 0 Å². The van der Waals surface area contributed by atoms with Gasteiger partial charge in [-0.3, -0.25) is 13.9 Å². The zero-order valence-corrected chi connectivity index (χ0v) is 25.0. The van der Waals surface area contributed by atoms with Crippen molar-refractivity contribution in [3.05, 3.63) is 88.9 Å². The average Bonchev–Trinajstić information content (AvgIpc) is 3.00. The number of carbonyl (C=O) groups excluding carboxylic acids is 2. The van der Waals surface area contributed by atoms with Crippen molar-refractivity contribution in [3.8, 4) is 5.75 Å². The predicted molar refractivity (Wildman–Crippen MR) is 160 cm³/mol. The average molecular weight is 651 g/mol. The van der Waals surface area contributed by atoms with Gasteiger partial charge in [0.2, 0.25) is 0 Å². The van der Waals surface area contributed by atoms with E-state index in [2.05, 4.69) is 15.8 Å². The predicted octanol–water partition coefficient (Wildman–Crippen LogP) is 5.53. The maximum absolute atomic E-state index is 13.4. The molecule has 0 radical (unpaired) electrons. The van der Waals surface area contributed by atoms with Gasteiger partial charge in [0.05, 0.1) is 27.4 Å². The molecule has 3 aromatic rings. The van der Waals surface area contributed by atoms with E-state index in [-0.39, 0.29) is 28.5 Å². The summed E-state index contributed by atoms with van der Waals surface area (Å²) in [6, 6.07) is 15.8. The fourth-order valence-corrected chi connectivity index (χ4v) is 6.28. The van der Waals surface area contributed by atoms with Crippen molar-refractivity contribution in [3.63, 3.8) is 0 Å². The maximum Gasteiger partial charge on any atom is 0.416 e. The van der Waals surface area contributed by atoms with Crippen LogP contribution in [0.25, 0.3) is 0 Å². The minimum atomic E-state index is -4.78. The van der Waals surface area contributed by atoms with Crippen molar-refractivity contribution in [2.24, 2.45) is 5.10 Å². The SMILES string of the molecule is O=C(CN(c1cc(C(F)(F)F)ccc1Cl)S(=O)(=O)c1ccccc1)N/N=C/c1ccc(OCC(=O)NC2CCCCC2)cc1. The highest BCUT2D eigenvalue weighted by Gasteiger charge is 2.34. The number of nitrogens with zero attached hydrogens (tertiary/aromatic N) is 2. The van der Waals surface area contributed by atoms with E-state index in [4.69, 9.17) is 16.3 Å². The minimum Gasteiger partial charge on any atom is -0.484 e. The number of hydrazone groups is 1. The standard InChI is InChI=1S/C30H30ClF3N4O5S/c31-26-16-13-22(30(32,33)34)17-27(26)38(44(41,42)25-9-5-2-6-10-25)19-28(39)37-35-18-21-11-14-24(15-12-21)43-20-29(40)36-23-7-3-1-4-8-23/h2,5-6,9-18,23H,1,3-4,7-8,19-20H2,(H,36,40)(H,37,39)/b35-18+. The molecule has 0 aliphatic heterocycles. The molecule has 0 aromatic heterocycles. The summed E-state index contributed by atoms with van der Waals surface area (Å²) in [5.41, 5.74) is 1.07. The molecule has 0 saturated heterocycles. The third kappa shape index (κ3) is 8.96. The Kier molecular flexibility index (Phi) is 10.9. The van der Waals surface area contributed by atoms with Crippen LogP contribution in [0, 0.1) is 0 Å². The summed E-state index contributed by atoms with van der Waals surface area (Å²) in [6.07, 6.45) is 1.83. The molecule has 0 bridgehead atoms. The number of amides is 2. The fourth-order valence-electron chi connectivity index (χ4n) is 4.56.